The zero-order valence-electron chi connectivity index (χ0n) is 11.0. The summed E-state index contributed by atoms with van der Waals surface area (Å²) in [5.74, 6) is 0.595. The molecule has 1 aliphatic heterocycles. The van der Waals surface area contributed by atoms with Gasteiger partial charge in [-0.3, -0.25) is 9.59 Å². The quantitative estimate of drug-likeness (QED) is 0.795. The Morgan fingerprint density at radius 1 is 1.45 bits per heavy atom. The molecule has 1 aromatic carbocycles. The van der Waals surface area contributed by atoms with E-state index in [1.807, 2.05) is 25.1 Å². The molecule has 0 aliphatic carbocycles. The molecule has 20 heavy (non-hydrogen) atoms. The zero-order chi connectivity index (χ0) is 14.3. The van der Waals surface area contributed by atoms with Crippen LogP contribution in [0.4, 0.5) is 5.69 Å². The van der Waals surface area contributed by atoms with Crippen LogP contribution in [-0.2, 0) is 4.79 Å². The molecule has 0 fully saturated rings. The van der Waals surface area contributed by atoms with Gasteiger partial charge in [0, 0.05) is 17.5 Å². The van der Waals surface area contributed by atoms with E-state index in [-0.39, 0.29) is 12.5 Å². The van der Waals surface area contributed by atoms with Crippen molar-refractivity contribution in [3.8, 4) is 17.0 Å². The summed E-state index contributed by atoms with van der Waals surface area (Å²) in [6, 6.07) is 5.58. The maximum absolute atomic E-state index is 11.7. The van der Waals surface area contributed by atoms with Gasteiger partial charge in [-0.25, -0.2) is 4.98 Å². The molecule has 0 saturated carbocycles. The molecule has 3 rings (SSSR count). The average molecular weight is 288 g/mol. The van der Waals surface area contributed by atoms with E-state index >= 15 is 0 Å². The second kappa shape index (κ2) is 4.72. The molecule has 0 unspecified atom stereocenters. The number of benzene rings is 1. The number of aldehydes is 1. The third-order valence-corrected chi connectivity index (χ3v) is 4.13. The van der Waals surface area contributed by atoms with Crippen LogP contribution < -0.4 is 9.64 Å². The average Bonchev–Trinajstić information content (AvgIpc) is 2.84. The Morgan fingerprint density at radius 3 is 2.95 bits per heavy atom. The van der Waals surface area contributed by atoms with Crippen molar-refractivity contribution in [3.05, 3.63) is 28.1 Å². The number of aryl methyl sites for hydroxylation is 1. The van der Waals surface area contributed by atoms with Gasteiger partial charge in [-0.15, -0.1) is 11.3 Å². The summed E-state index contributed by atoms with van der Waals surface area (Å²) in [7, 11) is 1.72. The fourth-order valence-corrected chi connectivity index (χ4v) is 2.91. The Labute approximate surface area is 119 Å². The van der Waals surface area contributed by atoms with Gasteiger partial charge in [-0.1, -0.05) is 0 Å². The molecular formula is C14H12N2O3S. The number of anilines is 1. The van der Waals surface area contributed by atoms with Crippen molar-refractivity contribution in [1.82, 2.24) is 4.98 Å². The van der Waals surface area contributed by atoms with Crippen molar-refractivity contribution in [2.45, 2.75) is 6.92 Å². The third-order valence-electron chi connectivity index (χ3n) is 3.23. The third kappa shape index (κ3) is 1.98. The normalized spacial score (nSPS) is 13.9. The molecule has 102 valence electrons. The first-order valence-electron chi connectivity index (χ1n) is 6.06. The van der Waals surface area contributed by atoms with Crippen LogP contribution in [0, 0.1) is 6.92 Å². The lowest BCUT2D eigenvalue weighted by atomic mass is 10.1. The van der Waals surface area contributed by atoms with Gasteiger partial charge in [-0.05, 0) is 25.1 Å². The van der Waals surface area contributed by atoms with Gasteiger partial charge in [-0.2, -0.15) is 0 Å². The molecule has 0 spiro atoms. The predicted octanol–water partition coefficient (Wildman–Crippen LogP) is 2.29. The Balaban J connectivity index is 2.10. The summed E-state index contributed by atoms with van der Waals surface area (Å²) >= 11 is 1.36. The highest BCUT2D eigenvalue weighted by molar-refractivity contribution is 7.13. The number of carbonyl (C=O) groups excluding carboxylic acids is 2. The summed E-state index contributed by atoms with van der Waals surface area (Å²) in [5.41, 5.74) is 2.36. The van der Waals surface area contributed by atoms with Gasteiger partial charge in [0.1, 0.15) is 5.75 Å². The Bertz CT molecular complexity index is 708. The topological polar surface area (TPSA) is 59.5 Å². The van der Waals surface area contributed by atoms with Crippen LogP contribution in [0.2, 0.25) is 0 Å². The molecule has 0 N–H and O–H groups in total. The van der Waals surface area contributed by atoms with Crippen molar-refractivity contribution >= 4 is 29.2 Å². The van der Waals surface area contributed by atoms with Crippen LogP contribution >= 0.6 is 11.3 Å². The number of fused-ring (bicyclic) bond motifs is 1. The number of aromatic nitrogens is 1. The van der Waals surface area contributed by atoms with Gasteiger partial charge >= 0.3 is 0 Å². The minimum Gasteiger partial charge on any atom is -0.482 e. The van der Waals surface area contributed by atoms with Gasteiger partial charge in [0.25, 0.3) is 5.91 Å². The second-order valence-electron chi connectivity index (χ2n) is 4.50. The molecule has 0 saturated heterocycles. The van der Waals surface area contributed by atoms with Crippen molar-refractivity contribution in [3.63, 3.8) is 0 Å². The number of rotatable bonds is 2. The van der Waals surface area contributed by atoms with Gasteiger partial charge < -0.3 is 9.64 Å². The largest absolute Gasteiger partial charge is 0.482 e. The molecule has 6 heteroatoms. The summed E-state index contributed by atoms with van der Waals surface area (Å²) in [6.45, 7) is 1.98. The molecule has 1 amide bonds. The first-order chi connectivity index (χ1) is 9.60. The van der Waals surface area contributed by atoms with Crippen LogP contribution in [-0.4, -0.2) is 30.8 Å². The Kier molecular flexibility index (Phi) is 3.02. The SMILES string of the molecule is Cc1sc(C=O)nc1-c1ccc2c(c1)N(C)C(=O)CO2. The van der Waals surface area contributed by atoms with Crippen LogP contribution in [0.25, 0.3) is 11.3 Å². The van der Waals surface area contributed by atoms with E-state index in [1.54, 1.807) is 11.9 Å². The number of nitrogens with zero attached hydrogens (tertiary/aromatic N) is 2. The number of amides is 1. The van der Waals surface area contributed by atoms with Crippen LogP contribution in [0.1, 0.15) is 14.7 Å². The van der Waals surface area contributed by atoms with E-state index in [1.165, 1.54) is 11.3 Å². The second-order valence-corrected chi connectivity index (χ2v) is 5.73. The van der Waals surface area contributed by atoms with Crippen molar-refractivity contribution in [1.29, 1.82) is 0 Å². The standard InChI is InChI=1S/C14H12N2O3S/c1-8-14(15-12(6-17)20-8)9-3-4-11-10(5-9)16(2)13(18)7-19-11/h3-6H,7H2,1-2H3. The van der Waals surface area contributed by atoms with Gasteiger partial charge in [0.05, 0.1) is 11.4 Å². The minimum atomic E-state index is -0.0850. The number of hydrogen-bond acceptors (Lipinski definition) is 5. The fourth-order valence-electron chi connectivity index (χ4n) is 2.15. The van der Waals surface area contributed by atoms with Crippen molar-refractivity contribution in [2.75, 3.05) is 18.6 Å². The number of likely N-dealkylation sites (N-methyl/N-ethyl adjacent to an activating group) is 1. The molecule has 0 radical (unpaired) electrons. The highest BCUT2D eigenvalue weighted by Crippen LogP contribution is 2.36. The number of thiazole rings is 1. The number of hydrogen-bond donors (Lipinski definition) is 0. The van der Waals surface area contributed by atoms with Crippen molar-refractivity contribution in [2.24, 2.45) is 0 Å². The number of ether oxygens (including phenoxy) is 1. The first-order valence-corrected chi connectivity index (χ1v) is 6.88. The van der Waals surface area contributed by atoms with Crippen LogP contribution in [0.5, 0.6) is 5.75 Å². The van der Waals surface area contributed by atoms with E-state index in [9.17, 15) is 9.59 Å². The molecule has 1 aliphatic rings. The molecule has 0 atom stereocenters. The fraction of sp³-hybridized carbons (Fsp3) is 0.214. The Hall–Kier alpha value is -2.21. The lowest BCUT2D eigenvalue weighted by Gasteiger charge is -2.26. The monoisotopic (exact) mass is 288 g/mol. The maximum atomic E-state index is 11.7. The molecule has 2 aromatic rings. The highest BCUT2D eigenvalue weighted by atomic mass is 32.1. The van der Waals surface area contributed by atoms with Crippen LogP contribution in [0.15, 0.2) is 18.2 Å². The molecular weight excluding hydrogens is 276 g/mol. The first kappa shape index (κ1) is 12.8. The van der Waals surface area contributed by atoms with E-state index in [4.69, 9.17) is 4.74 Å². The highest BCUT2D eigenvalue weighted by Gasteiger charge is 2.23. The van der Waals surface area contributed by atoms with Crippen LogP contribution in [0.3, 0.4) is 0 Å². The van der Waals surface area contributed by atoms with E-state index in [0.717, 1.165) is 28.1 Å². The van der Waals surface area contributed by atoms with E-state index < -0.39 is 0 Å². The lowest BCUT2D eigenvalue weighted by Crippen LogP contribution is -2.35. The summed E-state index contributed by atoms with van der Waals surface area (Å²) in [6.07, 6.45) is 0.748. The molecule has 2 heterocycles. The summed E-state index contributed by atoms with van der Waals surface area (Å²) in [5, 5.41) is 0.455. The van der Waals surface area contributed by atoms with Gasteiger partial charge in [0.2, 0.25) is 0 Å². The number of carbonyl (C=O) groups is 2. The minimum absolute atomic E-state index is 0.0634. The maximum Gasteiger partial charge on any atom is 0.264 e. The molecule has 5 nitrogen and oxygen atoms in total. The molecule has 1 aromatic heterocycles. The van der Waals surface area contributed by atoms with E-state index in [0.29, 0.717) is 10.8 Å². The van der Waals surface area contributed by atoms with Crippen molar-refractivity contribution < 1.29 is 14.3 Å². The Morgan fingerprint density at radius 2 is 2.25 bits per heavy atom. The lowest BCUT2D eigenvalue weighted by molar-refractivity contribution is -0.120. The zero-order valence-corrected chi connectivity index (χ0v) is 11.9. The van der Waals surface area contributed by atoms with Gasteiger partial charge in [0.15, 0.2) is 17.9 Å². The summed E-state index contributed by atoms with van der Waals surface area (Å²) in [4.78, 5) is 29.3. The predicted molar refractivity (Wildman–Crippen MR) is 76.6 cm³/mol. The smallest absolute Gasteiger partial charge is 0.264 e. The summed E-state index contributed by atoms with van der Waals surface area (Å²) < 4.78 is 5.39. The van der Waals surface area contributed by atoms with E-state index in [2.05, 4.69) is 4.98 Å². The molecule has 0 bridgehead atoms.